The quantitative estimate of drug-likeness (QED) is 0.168. The van der Waals surface area contributed by atoms with Gasteiger partial charge in [0, 0.05) is 27.5 Å². The molecule has 4 nitrogen and oxygen atoms in total. The van der Waals surface area contributed by atoms with Gasteiger partial charge in [-0.3, -0.25) is 0 Å². The summed E-state index contributed by atoms with van der Waals surface area (Å²) < 4.78 is 6.29. The molecule has 0 fully saturated rings. The molecule has 2 aromatic heterocycles. The van der Waals surface area contributed by atoms with Crippen LogP contribution in [0.2, 0.25) is 0 Å². The number of furan rings is 1. The third-order valence-corrected chi connectivity index (χ3v) is 10.7. The number of hydrogen-bond acceptors (Lipinski definition) is 4. The van der Waals surface area contributed by atoms with Gasteiger partial charge in [-0.05, 0) is 78.8 Å². The summed E-state index contributed by atoms with van der Waals surface area (Å²) in [5.74, 6) is 1.81. The van der Waals surface area contributed by atoms with Crippen molar-refractivity contribution in [1.82, 2.24) is 15.0 Å². The summed E-state index contributed by atoms with van der Waals surface area (Å²) in [5, 5.41) is 9.53. The van der Waals surface area contributed by atoms with Crippen LogP contribution in [0.15, 0.2) is 192 Å². The third kappa shape index (κ3) is 5.26. The van der Waals surface area contributed by atoms with E-state index in [4.69, 9.17) is 19.4 Å². The molecule has 0 bridgehead atoms. The Bertz CT molecular complexity index is 3270. The fraction of sp³-hybridized carbons (Fsp3) is 0. The van der Waals surface area contributed by atoms with Gasteiger partial charge >= 0.3 is 0 Å². The molecule has 0 aliphatic rings. The van der Waals surface area contributed by atoms with Crippen LogP contribution in [0.4, 0.5) is 0 Å². The van der Waals surface area contributed by atoms with E-state index in [1.165, 1.54) is 32.3 Å². The van der Waals surface area contributed by atoms with Gasteiger partial charge in [-0.1, -0.05) is 164 Å². The van der Waals surface area contributed by atoms with Crippen LogP contribution in [-0.2, 0) is 0 Å². The predicted octanol–water partition coefficient (Wildman–Crippen LogP) is 13.6. The van der Waals surface area contributed by atoms with Crippen molar-refractivity contribution in [2.24, 2.45) is 0 Å². The Labute approximate surface area is 317 Å². The summed E-state index contributed by atoms with van der Waals surface area (Å²) in [4.78, 5) is 15.6. The van der Waals surface area contributed by atoms with Crippen LogP contribution in [0.25, 0.3) is 111 Å². The summed E-state index contributed by atoms with van der Waals surface area (Å²) in [6, 6.07) is 65.8. The van der Waals surface area contributed by atoms with E-state index >= 15 is 0 Å². The highest BCUT2D eigenvalue weighted by molar-refractivity contribution is 6.17. The van der Waals surface area contributed by atoms with E-state index in [0.717, 1.165) is 60.9 Å². The van der Waals surface area contributed by atoms with Gasteiger partial charge in [0.15, 0.2) is 17.5 Å². The normalized spacial score (nSPS) is 11.6. The van der Waals surface area contributed by atoms with E-state index in [-0.39, 0.29) is 0 Å². The molecule has 0 radical (unpaired) electrons. The van der Waals surface area contributed by atoms with Gasteiger partial charge in [-0.25, -0.2) is 15.0 Å². The van der Waals surface area contributed by atoms with Crippen molar-refractivity contribution >= 4 is 54.3 Å². The standard InChI is InChI=1S/C51H31N3O/c1-2-12-32(13-3-1)39-18-6-7-19-43(39)50-52-49(53-51(54-50)45-21-11-23-47-48(45)44-20-8-9-22-46(44)55-47)37-16-10-15-34(31-37)35-25-27-40-36(30-35)26-29-41-38-17-5-4-14-33(38)24-28-42(40)41/h1-31H. The van der Waals surface area contributed by atoms with Gasteiger partial charge in [-0.15, -0.1) is 0 Å². The van der Waals surface area contributed by atoms with Crippen LogP contribution in [-0.4, -0.2) is 15.0 Å². The lowest BCUT2D eigenvalue weighted by molar-refractivity contribution is 0.669. The molecule has 0 saturated carbocycles. The number of hydrogen-bond donors (Lipinski definition) is 0. The molecule has 4 heteroatoms. The van der Waals surface area contributed by atoms with Gasteiger partial charge in [-0.2, -0.15) is 0 Å². The van der Waals surface area contributed by atoms with Crippen molar-refractivity contribution in [2.45, 2.75) is 0 Å². The number of fused-ring (bicyclic) bond motifs is 8. The van der Waals surface area contributed by atoms with Crippen LogP contribution < -0.4 is 0 Å². The highest BCUT2D eigenvalue weighted by Crippen LogP contribution is 2.39. The van der Waals surface area contributed by atoms with Crippen molar-refractivity contribution < 1.29 is 4.42 Å². The second-order valence-electron chi connectivity index (χ2n) is 14.0. The Hall–Kier alpha value is -7.43. The molecule has 0 aliphatic carbocycles. The van der Waals surface area contributed by atoms with Crippen molar-refractivity contribution in [1.29, 1.82) is 0 Å². The largest absolute Gasteiger partial charge is 0.456 e. The van der Waals surface area contributed by atoms with Crippen molar-refractivity contribution in [3.63, 3.8) is 0 Å². The lowest BCUT2D eigenvalue weighted by Gasteiger charge is -2.13. The Morgan fingerprint density at radius 2 is 0.855 bits per heavy atom. The SMILES string of the molecule is c1ccc(-c2ccccc2-c2nc(-c3cccc(-c4ccc5c(ccc6c7ccccc7ccc56)c4)c3)nc(-c3cccc4oc5ccccc5c34)n2)cc1. The fourth-order valence-electron chi connectivity index (χ4n) is 8.10. The Morgan fingerprint density at radius 3 is 1.73 bits per heavy atom. The minimum Gasteiger partial charge on any atom is -0.456 e. The molecule has 55 heavy (non-hydrogen) atoms. The average Bonchev–Trinajstić information content (AvgIpc) is 3.65. The van der Waals surface area contributed by atoms with Crippen molar-refractivity contribution in [2.75, 3.05) is 0 Å². The number of para-hydroxylation sites is 1. The van der Waals surface area contributed by atoms with Crippen molar-refractivity contribution in [3.05, 3.63) is 188 Å². The summed E-state index contributed by atoms with van der Waals surface area (Å²) in [6.07, 6.45) is 0. The van der Waals surface area contributed by atoms with Crippen LogP contribution >= 0.6 is 0 Å². The lowest BCUT2D eigenvalue weighted by atomic mass is 9.94. The monoisotopic (exact) mass is 701 g/mol. The first-order valence-corrected chi connectivity index (χ1v) is 18.5. The smallest absolute Gasteiger partial charge is 0.164 e. The van der Waals surface area contributed by atoms with Crippen LogP contribution in [0.1, 0.15) is 0 Å². The number of rotatable bonds is 5. The zero-order chi connectivity index (χ0) is 36.3. The summed E-state index contributed by atoms with van der Waals surface area (Å²) >= 11 is 0. The molecule has 9 aromatic carbocycles. The maximum atomic E-state index is 6.29. The summed E-state index contributed by atoms with van der Waals surface area (Å²) in [5.41, 5.74) is 8.76. The average molecular weight is 702 g/mol. The van der Waals surface area contributed by atoms with Crippen LogP contribution in [0.5, 0.6) is 0 Å². The second-order valence-corrected chi connectivity index (χ2v) is 14.0. The number of benzene rings is 9. The minimum absolute atomic E-state index is 0.593. The van der Waals surface area contributed by atoms with Gasteiger partial charge in [0.1, 0.15) is 11.2 Å². The Morgan fingerprint density at radius 1 is 0.291 bits per heavy atom. The van der Waals surface area contributed by atoms with E-state index in [1.54, 1.807) is 0 Å². The molecule has 0 aliphatic heterocycles. The van der Waals surface area contributed by atoms with E-state index in [0.29, 0.717) is 17.5 Å². The molecule has 11 aromatic rings. The maximum Gasteiger partial charge on any atom is 0.164 e. The predicted molar refractivity (Wildman–Crippen MR) is 227 cm³/mol. The molecular weight excluding hydrogens is 671 g/mol. The van der Waals surface area contributed by atoms with E-state index in [2.05, 4.69) is 146 Å². The van der Waals surface area contributed by atoms with E-state index < -0.39 is 0 Å². The van der Waals surface area contributed by atoms with Gasteiger partial charge < -0.3 is 4.42 Å². The maximum absolute atomic E-state index is 6.29. The number of aromatic nitrogens is 3. The van der Waals surface area contributed by atoms with Crippen LogP contribution in [0.3, 0.4) is 0 Å². The highest BCUT2D eigenvalue weighted by atomic mass is 16.3. The number of nitrogens with zero attached hydrogens (tertiary/aromatic N) is 3. The summed E-state index contributed by atoms with van der Waals surface area (Å²) in [6.45, 7) is 0. The molecule has 2 heterocycles. The molecule has 0 N–H and O–H groups in total. The van der Waals surface area contributed by atoms with Crippen molar-refractivity contribution in [3.8, 4) is 56.4 Å². The Balaban J connectivity index is 1.08. The molecule has 11 rings (SSSR count). The summed E-state index contributed by atoms with van der Waals surface area (Å²) in [7, 11) is 0. The molecule has 256 valence electrons. The lowest BCUT2D eigenvalue weighted by Crippen LogP contribution is -2.01. The van der Waals surface area contributed by atoms with Crippen LogP contribution in [0, 0.1) is 0 Å². The molecular formula is C51H31N3O. The molecule has 0 unspecified atom stereocenters. The first kappa shape index (κ1) is 31.1. The van der Waals surface area contributed by atoms with E-state index in [1.807, 2.05) is 42.5 Å². The zero-order valence-corrected chi connectivity index (χ0v) is 29.6. The van der Waals surface area contributed by atoms with E-state index in [9.17, 15) is 0 Å². The zero-order valence-electron chi connectivity index (χ0n) is 29.6. The van der Waals surface area contributed by atoms with Gasteiger partial charge in [0.2, 0.25) is 0 Å². The van der Waals surface area contributed by atoms with Gasteiger partial charge in [0.25, 0.3) is 0 Å². The fourth-order valence-corrected chi connectivity index (χ4v) is 8.10. The molecule has 0 amide bonds. The minimum atomic E-state index is 0.593. The van der Waals surface area contributed by atoms with Gasteiger partial charge in [0.05, 0.1) is 0 Å². The second kappa shape index (κ2) is 12.6. The topological polar surface area (TPSA) is 51.8 Å². The highest BCUT2D eigenvalue weighted by Gasteiger charge is 2.19. The molecule has 0 spiro atoms. The Kier molecular flexibility index (Phi) is 7.14. The molecule has 0 atom stereocenters. The first-order valence-electron chi connectivity index (χ1n) is 18.5. The first-order chi connectivity index (χ1) is 27.2. The molecule has 0 saturated heterocycles. The third-order valence-electron chi connectivity index (χ3n) is 10.7.